The lowest BCUT2D eigenvalue weighted by molar-refractivity contribution is 0.00518. The fourth-order valence-corrected chi connectivity index (χ4v) is 3.76. The lowest BCUT2D eigenvalue weighted by Gasteiger charge is -2.40. The summed E-state index contributed by atoms with van der Waals surface area (Å²) in [6, 6.07) is 1.93. The van der Waals surface area contributed by atoms with Gasteiger partial charge in [-0.15, -0.1) is 0 Å². The van der Waals surface area contributed by atoms with Gasteiger partial charge in [0.2, 0.25) is 0 Å². The third-order valence-electron chi connectivity index (χ3n) is 4.86. The van der Waals surface area contributed by atoms with E-state index in [4.69, 9.17) is 4.65 Å². The van der Waals surface area contributed by atoms with E-state index in [-0.39, 0.29) is 6.03 Å². The number of rotatable bonds is 1. The monoisotopic (exact) mass is 314 g/mol. The van der Waals surface area contributed by atoms with E-state index in [1.165, 1.54) is 0 Å². The Balaban J connectivity index is 1.68. The molecule has 0 saturated carbocycles. The second-order valence-corrected chi connectivity index (χ2v) is 6.12. The molecule has 4 rings (SSSR count). The number of nitrogens with one attached hydrogen (secondary N) is 2. The summed E-state index contributed by atoms with van der Waals surface area (Å²) in [6.45, 7) is 3.73. The maximum atomic E-state index is 12.0. The number of likely N-dealkylation sites (tertiary alicyclic amines) is 1. The number of amides is 2. The van der Waals surface area contributed by atoms with E-state index in [0.717, 1.165) is 22.1 Å². The number of aromatic nitrogens is 2. The number of carbonyl (C=O) groups is 1. The van der Waals surface area contributed by atoms with Crippen molar-refractivity contribution in [3.8, 4) is 0 Å². The van der Waals surface area contributed by atoms with Crippen molar-refractivity contribution in [3.63, 3.8) is 0 Å². The number of aromatic amines is 1. The van der Waals surface area contributed by atoms with Crippen molar-refractivity contribution in [2.24, 2.45) is 0 Å². The van der Waals surface area contributed by atoms with Crippen molar-refractivity contribution in [2.75, 3.05) is 19.6 Å². The van der Waals surface area contributed by atoms with Gasteiger partial charge in [0.25, 0.3) is 0 Å². The molecule has 1 spiro atoms. The number of hydrogen-bond acceptors (Lipinski definition) is 4. The Kier molecular flexibility index (Phi) is 3.31. The lowest BCUT2D eigenvalue weighted by atomic mass is 9.76. The zero-order chi connectivity index (χ0) is 16.0. The van der Waals surface area contributed by atoms with E-state index >= 15 is 0 Å². The van der Waals surface area contributed by atoms with Crippen molar-refractivity contribution in [2.45, 2.75) is 25.4 Å². The predicted octanol–water partition coefficient (Wildman–Crippen LogP) is 0.301. The fraction of sp³-hybridized carbons (Fsp3) is 0.467. The van der Waals surface area contributed by atoms with E-state index in [0.29, 0.717) is 32.5 Å². The first-order valence-electron chi connectivity index (χ1n) is 8.00. The van der Waals surface area contributed by atoms with Crippen LogP contribution in [0.4, 0.5) is 4.79 Å². The van der Waals surface area contributed by atoms with Crippen LogP contribution >= 0.6 is 0 Å². The normalized spacial score (nSPS) is 19.4. The molecule has 0 bridgehead atoms. The quantitative estimate of drug-likeness (QED) is 0.661. The van der Waals surface area contributed by atoms with Gasteiger partial charge in [0.05, 0.1) is 5.60 Å². The number of hydrogen-bond donors (Lipinski definition) is 3. The van der Waals surface area contributed by atoms with E-state index in [9.17, 15) is 9.82 Å². The van der Waals surface area contributed by atoms with Crippen LogP contribution in [0.1, 0.15) is 25.3 Å². The Morgan fingerprint density at radius 3 is 3.09 bits per heavy atom. The summed E-state index contributed by atoms with van der Waals surface area (Å²) in [4.78, 5) is 21.2. The molecule has 2 aliphatic rings. The van der Waals surface area contributed by atoms with E-state index in [1.54, 1.807) is 11.1 Å². The van der Waals surface area contributed by atoms with E-state index in [2.05, 4.69) is 15.3 Å². The van der Waals surface area contributed by atoms with Crippen LogP contribution < -0.4 is 10.8 Å². The highest BCUT2D eigenvalue weighted by molar-refractivity contribution is 6.62. The van der Waals surface area contributed by atoms with E-state index in [1.807, 2.05) is 19.2 Å². The van der Waals surface area contributed by atoms with Crippen molar-refractivity contribution in [3.05, 3.63) is 24.0 Å². The Labute approximate surface area is 134 Å². The van der Waals surface area contributed by atoms with Gasteiger partial charge in [0.15, 0.2) is 0 Å². The molecule has 23 heavy (non-hydrogen) atoms. The molecule has 0 unspecified atom stereocenters. The van der Waals surface area contributed by atoms with Crippen molar-refractivity contribution in [1.82, 2.24) is 20.2 Å². The van der Waals surface area contributed by atoms with Crippen LogP contribution in [0.3, 0.4) is 0 Å². The zero-order valence-corrected chi connectivity index (χ0v) is 13.0. The number of carbonyl (C=O) groups excluding carboxylic acids is 1. The van der Waals surface area contributed by atoms with Gasteiger partial charge in [-0.1, -0.05) is 0 Å². The summed E-state index contributed by atoms with van der Waals surface area (Å²) in [7, 11) is -0.951. The second kappa shape index (κ2) is 5.24. The first-order chi connectivity index (χ1) is 11.1. The Bertz CT molecular complexity index is 754. The lowest BCUT2D eigenvalue weighted by Crippen LogP contribution is -2.49. The van der Waals surface area contributed by atoms with Crippen LogP contribution in [0.2, 0.25) is 0 Å². The molecule has 0 atom stereocenters. The number of fused-ring (bicyclic) bond motifs is 4. The van der Waals surface area contributed by atoms with Crippen LogP contribution in [0, 0.1) is 0 Å². The first kappa shape index (κ1) is 14.5. The molecule has 1 saturated heterocycles. The molecule has 2 aliphatic heterocycles. The largest absolute Gasteiger partial charge is 0.493 e. The van der Waals surface area contributed by atoms with Gasteiger partial charge in [0.1, 0.15) is 5.65 Å². The molecule has 0 aromatic carbocycles. The van der Waals surface area contributed by atoms with Crippen LogP contribution in [0.5, 0.6) is 0 Å². The summed E-state index contributed by atoms with van der Waals surface area (Å²) in [5.41, 5.74) is 2.02. The predicted molar refractivity (Wildman–Crippen MR) is 86.3 cm³/mol. The molecule has 2 aromatic rings. The molecule has 1 fully saturated rings. The molecule has 7 nitrogen and oxygen atoms in total. The number of nitrogens with zero attached hydrogens (tertiary/aromatic N) is 2. The van der Waals surface area contributed by atoms with Crippen molar-refractivity contribution in [1.29, 1.82) is 0 Å². The van der Waals surface area contributed by atoms with Crippen LogP contribution in [-0.4, -0.2) is 52.7 Å². The summed E-state index contributed by atoms with van der Waals surface area (Å²) in [6.07, 6.45) is 4.86. The Morgan fingerprint density at radius 1 is 1.57 bits per heavy atom. The molecule has 4 heterocycles. The third kappa shape index (κ3) is 2.13. The minimum atomic E-state index is -0.951. The fourth-order valence-electron chi connectivity index (χ4n) is 3.76. The van der Waals surface area contributed by atoms with Gasteiger partial charge in [-0.25, -0.2) is 9.78 Å². The smallest absolute Gasteiger partial charge is 0.423 e. The molecule has 3 N–H and O–H groups in total. The molecular weight excluding hydrogens is 295 g/mol. The number of piperidine rings is 1. The number of pyridine rings is 1. The highest BCUT2D eigenvalue weighted by Gasteiger charge is 2.50. The van der Waals surface area contributed by atoms with Crippen molar-refractivity contribution >= 4 is 29.6 Å². The molecule has 0 aliphatic carbocycles. The van der Waals surface area contributed by atoms with Gasteiger partial charge < -0.3 is 24.9 Å². The maximum Gasteiger partial charge on any atom is 0.493 e. The second-order valence-electron chi connectivity index (χ2n) is 6.12. The molecule has 0 radical (unpaired) electrons. The zero-order valence-electron chi connectivity index (χ0n) is 13.0. The minimum Gasteiger partial charge on any atom is -0.423 e. The van der Waals surface area contributed by atoms with Crippen molar-refractivity contribution < 1.29 is 14.5 Å². The standard InChI is InChI=1S/C15H19BN4O3/c1-2-17-14(21)20-7-4-15(5-8-20)12-10-3-6-18-13(10)19-9-11(12)16(22)23-15/h3,6,9,22H,2,4-5,7-8H2,1H3,(H,17,21)(H,18,19). The van der Waals surface area contributed by atoms with Crippen LogP contribution in [0.25, 0.3) is 11.0 Å². The summed E-state index contributed by atoms with van der Waals surface area (Å²) >= 11 is 0. The molecule has 2 aromatic heterocycles. The topological polar surface area (TPSA) is 90.5 Å². The Hall–Kier alpha value is -2.06. The molecular formula is C15H19BN4O3. The van der Waals surface area contributed by atoms with Gasteiger partial charge in [-0.3, -0.25) is 0 Å². The number of urea groups is 1. The average Bonchev–Trinajstić information content (AvgIpc) is 3.12. The van der Waals surface area contributed by atoms with Gasteiger partial charge in [0, 0.05) is 42.9 Å². The van der Waals surface area contributed by atoms with Crippen LogP contribution in [-0.2, 0) is 10.3 Å². The SMILES string of the molecule is CCNC(=O)N1CCC2(CC1)OB(O)c1cnc3[nH]ccc3c12. The minimum absolute atomic E-state index is 0.0392. The van der Waals surface area contributed by atoms with Crippen LogP contribution in [0.15, 0.2) is 18.5 Å². The average molecular weight is 314 g/mol. The summed E-state index contributed by atoms with van der Waals surface area (Å²) < 4.78 is 5.97. The van der Waals surface area contributed by atoms with Gasteiger partial charge >= 0.3 is 13.1 Å². The third-order valence-corrected chi connectivity index (χ3v) is 4.86. The summed E-state index contributed by atoms with van der Waals surface area (Å²) in [5.74, 6) is 0. The van der Waals surface area contributed by atoms with Gasteiger partial charge in [-0.05, 0) is 31.4 Å². The maximum absolute atomic E-state index is 12.0. The van der Waals surface area contributed by atoms with E-state index < -0.39 is 12.7 Å². The molecule has 8 heteroatoms. The highest BCUT2D eigenvalue weighted by atomic mass is 16.5. The first-order valence-corrected chi connectivity index (χ1v) is 8.00. The molecule has 120 valence electrons. The highest BCUT2D eigenvalue weighted by Crippen LogP contribution is 2.42. The molecule has 2 amide bonds. The Morgan fingerprint density at radius 2 is 2.35 bits per heavy atom. The number of H-pyrrole nitrogens is 1. The van der Waals surface area contributed by atoms with Gasteiger partial charge in [-0.2, -0.15) is 0 Å². The summed E-state index contributed by atoms with van der Waals surface area (Å²) in [5, 5.41) is 14.1.